The smallest absolute Gasteiger partial charge is 0.277 e. The van der Waals surface area contributed by atoms with Crippen molar-refractivity contribution in [1.82, 2.24) is 15.2 Å². The first kappa shape index (κ1) is 22.3. The molecule has 7 nitrogen and oxygen atoms in total. The molecule has 0 fully saturated rings. The number of thioether (sulfide) groups is 1. The van der Waals surface area contributed by atoms with Gasteiger partial charge >= 0.3 is 0 Å². The van der Waals surface area contributed by atoms with Crippen LogP contribution in [0.15, 0.2) is 63.6 Å². The van der Waals surface area contributed by atoms with E-state index < -0.39 is 5.25 Å². The van der Waals surface area contributed by atoms with Gasteiger partial charge in [0.25, 0.3) is 5.22 Å². The first-order valence-electron chi connectivity index (χ1n) is 9.61. The van der Waals surface area contributed by atoms with Gasteiger partial charge in [-0.2, -0.15) is 0 Å². The fourth-order valence-corrected chi connectivity index (χ4v) is 4.72. The van der Waals surface area contributed by atoms with Gasteiger partial charge in [-0.1, -0.05) is 41.9 Å². The molecule has 1 amide bonds. The summed E-state index contributed by atoms with van der Waals surface area (Å²) in [6.45, 7) is 1.95. The van der Waals surface area contributed by atoms with Crippen LogP contribution < -0.4 is 10.1 Å². The molecule has 0 saturated carbocycles. The number of halogens is 1. The van der Waals surface area contributed by atoms with E-state index in [1.54, 1.807) is 29.5 Å². The third-order valence-corrected chi connectivity index (χ3v) is 6.63. The predicted molar refractivity (Wildman–Crippen MR) is 126 cm³/mol. The normalized spacial score (nSPS) is 11.8. The van der Waals surface area contributed by atoms with Crippen LogP contribution in [0, 0.1) is 6.92 Å². The lowest BCUT2D eigenvalue weighted by atomic mass is 10.1. The highest BCUT2D eigenvalue weighted by Gasteiger charge is 2.25. The Morgan fingerprint density at radius 2 is 2.06 bits per heavy atom. The molecular weight excluding hydrogens is 468 g/mol. The Morgan fingerprint density at radius 3 is 2.75 bits per heavy atom. The number of methoxy groups -OCH3 is 1. The van der Waals surface area contributed by atoms with Crippen LogP contribution in [0.4, 0.5) is 5.69 Å². The van der Waals surface area contributed by atoms with E-state index in [9.17, 15) is 4.79 Å². The number of hydrogen-bond acceptors (Lipinski definition) is 8. The Hall–Kier alpha value is -2.88. The highest BCUT2D eigenvalue weighted by Crippen LogP contribution is 2.36. The number of benzene rings is 2. The first-order valence-corrected chi connectivity index (χ1v) is 11.7. The Kier molecular flexibility index (Phi) is 7.09. The van der Waals surface area contributed by atoms with E-state index in [1.165, 1.54) is 18.9 Å². The summed E-state index contributed by atoms with van der Waals surface area (Å²) < 4.78 is 11.0. The Labute approximate surface area is 198 Å². The number of hydrogen-bond donors (Lipinski definition) is 1. The van der Waals surface area contributed by atoms with E-state index in [2.05, 4.69) is 20.5 Å². The molecule has 0 saturated heterocycles. The molecule has 2 aromatic heterocycles. The third kappa shape index (κ3) is 5.48. The lowest BCUT2D eigenvalue weighted by molar-refractivity contribution is -0.115. The molecule has 0 unspecified atom stereocenters. The molecule has 0 aliphatic heterocycles. The topological polar surface area (TPSA) is 90.1 Å². The van der Waals surface area contributed by atoms with Crippen molar-refractivity contribution in [3.8, 4) is 5.75 Å². The number of ether oxygens (including phenoxy) is 1. The number of carbonyl (C=O) groups excluding carboxylic acids is 1. The zero-order valence-electron chi connectivity index (χ0n) is 17.2. The van der Waals surface area contributed by atoms with E-state index in [0.717, 1.165) is 16.3 Å². The van der Waals surface area contributed by atoms with Gasteiger partial charge in [-0.15, -0.1) is 21.5 Å². The van der Waals surface area contributed by atoms with Crippen LogP contribution in [0.3, 0.4) is 0 Å². The molecule has 1 atom stereocenters. The Bertz CT molecular complexity index is 1210. The van der Waals surface area contributed by atoms with Crippen molar-refractivity contribution in [3.63, 3.8) is 0 Å². The maximum atomic E-state index is 13.2. The SMILES string of the molecule is COc1ccc(NC(=O)[C@@H](Sc2nnc(Cc3csc(C)n3)o2)c2ccccc2)cc1Cl. The van der Waals surface area contributed by atoms with Crippen molar-refractivity contribution in [3.05, 3.63) is 81.1 Å². The van der Waals surface area contributed by atoms with Crippen molar-refractivity contribution >= 4 is 46.3 Å². The number of aryl methyl sites for hydroxylation is 1. The molecule has 0 radical (unpaired) electrons. The molecule has 0 aliphatic carbocycles. The summed E-state index contributed by atoms with van der Waals surface area (Å²) in [4.78, 5) is 17.6. The Balaban J connectivity index is 1.52. The summed E-state index contributed by atoms with van der Waals surface area (Å²) in [5.41, 5.74) is 2.25. The van der Waals surface area contributed by atoms with Crippen LogP contribution in [-0.2, 0) is 11.2 Å². The zero-order valence-corrected chi connectivity index (χ0v) is 19.6. The quantitative estimate of drug-likeness (QED) is 0.326. The third-order valence-electron chi connectivity index (χ3n) is 4.43. The number of carbonyl (C=O) groups is 1. The van der Waals surface area contributed by atoms with Crippen molar-refractivity contribution in [1.29, 1.82) is 0 Å². The number of aromatic nitrogens is 3. The Morgan fingerprint density at radius 1 is 1.25 bits per heavy atom. The number of rotatable bonds is 8. The minimum atomic E-state index is -0.605. The fourth-order valence-electron chi connectivity index (χ4n) is 2.96. The molecular formula is C22H19ClN4O3S2. The van der Waals surface area contributed by atoms with Crippen LogP contribution in [0.5, 0.6) is 5.75 Å². The molecule has 164 valence electrons. The molecule has 0 aliphatic rings. The van der Waals surface area contributed by atoms with Crippen LogP contribution >= 0.6 is 34.7 Å². The number of amides is 1. The molecule has 4 aromatic rings. The zero-order chi connectivity index (χ0) is 22.5. The van der Waals surface area contributed by atoms with Gasteiger partial charge < -0.3 is 14.5 Å². The molecule has 0 bridgehead atoms. The fraction of sp³-hybridized carbons (Fsp3) is 0.182. The second-order valence-electron chi connectivity index (χ2n) is 6.74. The number of nitrogens with zero attached hydrogens (tertiary/aromatic N) is 3. The van der Waals surface area contributed by atoms with E-state index in [-0.39, 0.29) is 5.91 Å². The average Bonchev–Trinajstić information content (AvgIpc) is 3.41. The highest BCUT2D eigenvalue weighted by atomic mass is 35.5. The summed E-state index contributed by atoms with van der Waals surface area (Å²) in [5.74, 6) is 0.747. The second-order valence-corrected chi connectivity index (χ2v) is 9.27. The van der Waals surface area contributed by atoms with E-state index in [4.69, 9.17) is 20.8 Å². The van der Waals surface area contributed by atoms with Gasteiger partial charge in [0, 0.05) is 11.1 Å². The molecule has 10 heteroatoms. The van der Waals surface area contributed by atoms with Gasteiger partial charge in [0.1, 0.15) is 11.0 Å². The first-order chi connectivity index (χ1) is 15.5. The van der Waals surface area contributed by atoms with E-state index >= 15 is 0 Å². The molecule has 32 heavy (non-hydrogen) atoms. The van der Waals surface area contributed by atoms with Crippen molar-refractivity contribution in [2.75, 3.05) is 12.4 Å². The van der Waals surface area contributed by atoms with Crippen molar-refractivity contribution < 1.29 is 13.9 Å². The largest absolute Gasteiger partial charge is 0.495 e. The van der Waals surface area contributed by atoms with Gasteiger partial charge in [0.15, 0.2) is 0 Å². The molecule has 0 spiro atoms. The minimum Gasteiger partial charge on any atom is -0.495 e. The standard InChI is InChI=1S/C22H19ClN4O3S2/c1-13-24-16(12-31-13)11-19-26-27-22(30-19)32-20(14-6-4-3-5-7-14)21(28)25-15-8-9-18(29-2)17(23)10-15/h3-10,12,20H,11H2,1-2H3,(H,25,28)/t20-/m0/s1. The second kappa shape index (κ2) is 10.2. The maximum absolute atomic E-state index is 13.2. The van der Waals surface area contributed by atoms with Gasteiger partial charge in [0.2, 0.25) is 11.8 Å². The van der Waals surface area contributed by atoms with Crippen molar-refractivity contribution in [2.45, 2.75) is 23.8 Å². The summed E-state index contributed by atoms with van der Waals surface area (Å²) in [7, 11) is 1.54. The van der Waals surface area contributed by atoms with E-state index in [1.807, 2.05) is 42.6 Å². The molecule has 2 aromatic carbocycles. The molecule has 2 heterocycles. The number of anilines is 1. The summed E-state index contributed by atoms with van der Waals surface area (Å²) in [6.07, 6.45) is 0.449. The van der Waals surface area contributed by atoms with Crippen LogP contribution in [0.1, 0.15) is 27.4 Å². The number of nitrogens with one attached hydrogen (secondary N) is 1. The van der Waals surface area contributed by atoms with Gasteiger partial charge in [-0.05, 0) is 42.4 Å². The van der Waals surface area contributed by atoms with Crippen LogP contribution in [-0.4, -0.2) is 28.2 Å². The summed E-state index contributed by atoms with van der Waals surface area (Å²) >= 11 is 8.95. The molecule has 4 rings (SSSR count). The average molecular weight is 487 g/mol. The predicted octanol–water partition coefficient (Wildman–Crippen LogP) is 5.56. The lowest BCUT2D eigenvalue weighted by Crippen LogP contribution is -2.19. The van der Waals surface area contributed by atoms with Crippen LogP contribution in [0.25, 0.3) is 0 Å². The van der Waals surface area contributed by atoms with Gasteiger partial charge in [-0.25, -0.2) is 4.98 Å². The van der Waals surface area contributed by atoms with E-state index in [0.29, 0.717) is 34.0 Å². The minimum absolute atomic E-state index is 0.239. The number of thiazole rings is 1. The molecule has 1 N–H and O–H groups in total. The summed E-state index contributed by atoms with van der Waals surface area (Å²) in [5, 5.41) is 14.2. The van der Waals surface area contributed by atoms with Gasteiger partial charge in [0.05, 0.1) is 29.3 Å². The summed E-state index contributed by atoms with van der Waals surface area (Å²) in [6, 6.07) is 14.5. The highest BCUT2D eigenvalue weighted by molar-refractivity contribution is 8.00. The lowest BCUT2D eigenvalue weighted by Gasteiger charge is -2.15. The monoisotopic (exact) mass is 486 g/mol. The van der Waals surface area contributed by atoms with Gasteiger partial charge in [-0.3, -0.25) is 4.79 Å². The maximum Gasteiger partial charge on any atom is 0.277 e. The van der Waals surface area contributed by atoms with Crippen molar-refractivity contribution in [2.24, 2.45) is 0 Å². The van der Waals surface area contributed by atoms with Crippen LogP contribution in [0.2, 0.25) is 5.02 Å².